The normalized spacial score (nSPS) is 22.0. The van der Waals surface area contributed by atoms with Gasteiger partial charge < -0.3 is 10.4 Å². The molecule has 19 heavy (non-hydrogen) atoms. The summed E-state index contributed by atoms with van der Waals surface area (Å²) < 4.78 is 3.64. The van der Waals surface area contributed by atoms with Gasteiger partial charge in [-0.15, -0.1) is 5.10 Å². The minimum absolute atomic E-state index is 0.0534. The van der Waals surface area contributed by atoms with Crippen molar-refractivity contribution in [1.29, 1.82) is 0 Å². The van der Waals surface area contributed by atoms with Crippen molar-refractivity contribution in [1.82, 2.24) is 19.8 Å². The zero-order valence-electron chi connectivity index (χ0n) is 10.6. The van der Waals surface area contributed by atoms with Gasteiger partial charge in [0.1, 0.15) is 0 Å². The number of carbonyl (C=O) groups is 2. The van der Waals surface area contributed by atoms with Crippen LogP contribution in [0.4, 0.5) is 0 Å². The molecule has 1 aliphatic rings. The third kappa shape index (κ3) is 3.48. The number of amides is 1. The van der Waals surface area contributed by atoms with Gasteiger partial charge in [0.25, 0.3) is 5.91 Å². The largest absolute Gasteiger partial charge is 0.480 e. The van der Waals surface area contributed by atoms with Crippen LogP contribution in [0.1, 0.15) is 30.3 Å². The van der Waals surface area contributed by atoms with Gasteiger partial charge in [0.15, 0.2) is 5.69 Å². The molecule has 1 saturated carbocycles. The van der Waals surface area contributed by atoms with Crippen LogP contribution in [-0.4, -0.2) is 56.6 Å². The van der Waals surface area contributed by atoms with Gasteiger partial charge in [0, 0.05) is 17.5 Å². The maximum atomic E-state index is 11.7. The number of carboxylic acid groups (broad SMARTS) is 1. The first-order chi connectivity index (χ1) is 9.10. The van der Waals surface area contributed by atoms with E-state index in [9.17, 15) is 9.59 Å². The predicted octanol–water partition coefficient (Wildman–Crippen LogP) is 0.205. The Labute approximate surface area is 114 Å². The highest BCUT2D eigenvalue weighted by Gasteiger charge is 2.34. The van der Waals surface area contributed by atoms with Gasteiger partial charge >= 0.3 is 5.97 Å². The summed E-state index contributed by atoms with van der Waals surface area (Å²) in [6.07, 6.45) is 1.56. The minimum Gasteiger partial charge on any atom is -0.480 e. The number of aliphatic carboxylic acids is 1. The molecule has 1 fully saturated rings. The quantitative estimate of drug-likeness (QED) is 0.775. The van der Waals surface area contributed by atoms with Crippen molar-refractivity contribution in [2.24, 2.45) is 0 Å². The van der Waals surface area contributed by atoms with E-state index in [0.717, 1.165) is 24.4 Å². The number of hydrogen-bond acceptors (Lipinski definition) is 6. The fraction of sp³-hybridized carbons (Fsp3) is 0.636. The molecule has 0 saturated heterocycles. The van der Waals surface area contributed by atoms with Crippen molar-refractivity contribution in [3.63, 3.8) is 0 Å². The van der Waals surface area contributed by atoms with Crippen LogP contribution in [-0.2, 0) is 4.79 Å². The fourth-order valence-corrected chi connectivity index (χ4v) is 2.64. The van der Waals surface area contributed by atoms with E-state index in [1.54, 1.807) is 5.38 Å². The van der Waals surface area contributed by atoms with Crippen molar-refractivity contribution < 1.29 is 14.7 Å². The lowest BCUT2D eigenvalue weighted by Crippen LogP contribution is -2.54. The summed E-state index contributed by atoms with van der Waals surface area (Å²) in [5.41, 5.74) is 0.339. The summed E-state index contributed by atoms with van der Waals surface area (Å²) in [4.78, 5) is 24.3. The third-order valence-electron chi connectivity index (χ3n) is 3.30. The Hall–Kier alpha value is -1.54. The zero-order chi connectivity index (χ0) is 13.8. The second-order valence-electron chi connectivity index (χ2n) is 4.54. The first kappa shape index (κ1) is 13.9. The van der Waals surface area contributed by atoms with E-state index in [1.165, 1.54) is 0 Å². The van der Waals surface area contributed by atoms with Crippen molar-refractivity contribution >= 4 is 23.4 Å². The second-order valence-corrected chi connectivity index (χ2v) is 5.15. The van der Waals surface area contributed by atoms with Crippen LogP contribution in [0.3, 0.4) is 0 Å². The van der Waals surface area contributed by atoms with Crippen molar-refractivity contribution in [3.05, 3.63) is 11.1 Å². The standard InChI is InChI=1S/C11H16N4O3S/c1-2-15(5-10(16)17)8-3-7(4-8)12-11(18)9-6-19-14-13-9/h6-8H,2-5H2,1H3,(H,12,18)(H,16,17). The molecule has 1 aromatic rings. The van der Waals surface area contributed by atoms with Gasteiger partial charge in [0.05, 0.1) is 6.54 Å². The average molecular weight is 284 g/mol. The molecule has 7 nitrogen and oxygen atoms in total. The average Bonchev–Trinajstić information content (AvgIpc) is 2.83. The third-order valence-corrected chi connectivity index (χ3v) is 3.81. The monoisotopic (exact) mass is 284 g/mol. The van der Waals surface area contributed by atoms with E-state index in [2.05, 4.69) is 14.9 Å². The lowest BCUT2D eigenvalue weighted by Gasteiger charge is -2.42. The summed E-state index contributed by atoms with van der Waals surface area (Å²) in [5.74, 6) is -1.03. The molecule has 8 heteroatoms. The molecule has 0 atom stereocenters. The molecule has 2 rings (SSSR count). The van der Waals surface area contributed by atoms with Gasteiger partial charge in [-0.1, -0.05) is 11.4 Å². The number of rotatable bonds is 6. The molecule has 1 aromatic heterocycles. The molecule has 0 spiro atoms. The molecule has 0 unspecified atom stereocenters. The fourth-order valence-electron chi connectivity index (χ4n) is 2.20. The first-order valence-corrected chi connectivity index (χ1v) is 6.97. The molecule has 2 N–H and O–H groups in total. The second kappa shape index (κ2) is 6.07. The van der Waals surface area contributed by atoms with E-state index < -0.39 is 5.97 Å². The molecular weight excluding hydrogens is 268 g/mol. The van der Waals surface area contributed by atoms with Gasteiger partial charge in [-0.2, -0.15) is 0 Å². The zero-order valence-corrected chi connectivity index (χ0v) is 11.4. The van der Waals surface area contributed by atoms with Crippen LogP contribution in [0.2, 0.25) is 0 Å². The lowest BCUT2D eigenvalue weighted by atomic mass is 9.85. The van der Waals surface area contributed by atoms with Crippen molar-refractivity contribution in [2.75, 3.05) is 13.1 Å². The molecule has 0 radical (unpaired) electrons. The first-order valence-electron chi connectivity index (χ1n) is 6.14. The van der Waals surface area contributed by atoms with E-state index in [-0.39, 0.29) is 24.5 Å². The van der Waals surface area contributed by atoms with Crippen LogP contribution < -0.4 is 5.32 Å². The Morgan fingerprint density at radius 1 is 1.58 bits per heavy atom. The van der Waals surface area contributed by atoms with Crippen LogP contribution in [0.25, 0.3) is 0 Å². The Kier molecular flexibility index (Phi) is 4.43. The summed E-state index contributed by atoms with van der Waals surface area (Å²) >= 11 is 1.14. The number of carbonyl (C=O) groups excluding carboxylic acids is 1. The van der Waals surface area contributed by atoms with Crippen molar-refractivity contribution in [2.45, 2.75) is 31.8 Å². The Balaban J connectivity index is 1.76. The Bertz CT molecular complexity index is 445. The van der Waals surface area contributed by atoms with Crippen LogP contribution in [0.5, 0.6) is 0 Å². The summed E-state index contributed by atoms with van der Waals surface area (Å²) in [7, 11) is 0. The number of hydrogen-bond donors (Lipinski definition) is 2. The van der Waals surface area contributed by atoms with Crippen LogP contribution >= 0.6 is 11.5 Å². The molecule has 104 valence electrons. The Morgan fingerprint density at radius 3 is 2.84 bits per heavy atom. The lowest BCUT2D eigenvalue weighted by molar-refractivity contribution is -0.139. The number of carboxylic acids is 1. The summed E-state index contributed by atoms with van der Waals surface area (Å²) in [5, 5.41) is 17.0. The Morgan fingerprint density at radius 2 is 2.32 bits per heavy atom. The van der Waals surface area contributed by atoms with Crippen LogP contribution in [0, 0.1) is 0 Å². The predicted molar refractivity (Wildman–Crippen MR) is 69.1 cm³/mol. The highest BCUT2D eigenvalue weighted by atomic mass is 32.1. The summed E-state index contributed by atoms with van der Waals surface area (Å²) in [6.45, 7) is 2.70. The topological polar surface area (TPSA) is 95.4 Å². The van der Waals surface area contributed by atoms with Gasteiger partial charge in [0.2, 0.25) is 0 Å². The van der Waals surface area contributed by atoms with E-state index in [0.29, 0.717) is 12.2 Å². The number of aromatic nitrogens is 2. The SMILES string of the molecule is CCN(CC(=O)O)C1CC(NC(=O)c2csnn2)C1. The number of nitrogens with one attached hydrogen (secondary N) is 1. The van der Waals surface area contributed by atoms with Gasteiger partial charge in [-0.25, -0.2) is 0 Å². The van der Waals surface area contributed by atoms with E-state index in [1.807, 2.05) is 11.8 Å². The highest BCUT2D eigenvalue weighted by molar-refractivity contribution is 7.03. The molecule has 0 bridgehead atoms. The number of likely N-dealkylation sites (N-methyl/N-ethyl adjacent to an activating group) is 1. The molecular formula is C11H16N4O3S. The maximum absolute atomic E-state index is 11.7. The highest BCUT2D eigenvalue weighted by Crippen LogP contribution is 2.25. The van der Waals surface area contributed by atoms with E-state index >= 15 is 0 Å². The van der Waals surface area contributed by atoms with Gasteiger partial charge in [-0.3, -0.25) is 14.5 Å². The molecule has 1 heterocycles. The molecule has 0 aliphatic heterocycles. The van der Waals surface area contributed by atoms with Crippen LogP contribution in [0.15, 0.2) is 5.38 Å². The van der Waals surface area contributed by atoms with E-state index in [4.69, 9.17) is 5.11 Å². The molecule has 1 amide bonds. The van der Waals surface area contributed by atoms with Gasteiger partial charge in [-0.05, 0) is 30.9 Å². The maximum Gasteiger partial charge on any atom is 0.317 e. The molecule has 0 aromatic carbocycles. The number of nitrogens with zero attached hydrogens (tertiary/aromatic N) is 3. The van der Waals surface area contributed by atoms with Crippen molar-refractivity contribution in [3.8, 4) is 0 Å². The smallest absolute Gasteiger partial charge is 0.317 e. The minimum atomic E-state index is -0.817. The summed E-state index contributed by atoms with van der Waals surface area (Å²) in [6, 6.07) is 0.335. The molecule has 1 aliphatic carbocycles.